The first kappa shape index (κ1) is 11.7. The molecule has 0 spiro atoms. The second-order valence-electron chi connectivity index (χ2n) is 2.90. The van der Waals surface area contributed by atoms with Gasteiger partial charge in [0.05, 0.1) is 5.70 Å². The molecular formula is C10H10FN3O2. The molecule has 0 saturated heterocycles. The summed E-state index contributed by atoms with van der Waals surface area (Å²) in [6.45, 7) is 3.50. The van der Waals surface area contributed by atoms with Crippen LogP contribution >= 0.6 is 0 Å². The highest BCUT2D eigenvalue weighted by Crippen LogP contribution is 2.12. The summed E-state index contributed by atoms with van der Waals surface area (Å²) in [6, 6.07) is 5.86. The van der Waals surface area contributed by atoms with Crippen molar-refractivity contribution in [1.29, 1.82) is 0 Å². The van der Waals surface area contributed by atoms with Gasteiger partial charge < -0.3 is 5.73 Å². The molecule has 2 amide bonds. The van der Waals surface area contributed by atoms with Crippen molar-refractivity contribution in [3.63, 3.8) is 0 Å². The van der Waals surface area contributed by atoms with Crippen LogP contribution in [-0.4, -0.2) is 11.8 Å². The number of halogens is 1. The smallest absolute Gasteiger partial charge is 0.327 e. The Morgan fingerprint density at radius 2 is 1.88 bits per heavy atom. The van der Waals surface area contributed by atoms with Gasteiger partial charge >= 0.3 is 11.8 Å². The monoisotopic (exact) mass is 223 g/mol. The average molecular weight is 223 g/mol. The average Bonchev–Trinajstić information content (AvgIpc) is 2.25. The summed E-state index contributed by atoms with van der Waals surface area (Å²) in [4.78, 5) is 21.2. The van der Waals surface area contributed by atoms with E-state index in [9.17, 15) is 14.0 Å². The van der Waals surface area contributed by atoms with Crippen molar-refractivity contribution < 1.29 is 14.0 Å². The molecule has 0 atom stereocenters. The van der Waals surface area contributed by atoms with Crippen molar-refractivity contribution in [1.82, 2.24) is 10.9 Å². The molecule has 16 heavy (non-hydrogen) atoms. The molecule has 1 aromatic carbocycles. The fourth-order valence-corrected chi connectivity index (χ4v) is 0.967. The SMILES string of the molecule is C=C(NNC(=O)C(N)=O)c1ccccc1F. The van der Waals surface area contributed by atoms with E-state index in [0.29, 0.717) is 0 Å². The third-order valence-corrected chi connectivity index (χ3v) is 1.75. The lowest BCUT2D eigenvalue weighted by Gasteiger charge is -2.10. The van der Waals surface area contributed by atoms with E-state index < -0.39 is 17.6 Å². The molecule has 0 fully saturated rings. The minimum absolute atomic E-state index is 0.118. The van der Waals surface area contributed by atoms with Gasteiger partial charge in [-0.3, -0.25) is 20.4 Å². The van der Waals surface area contributed by atoms with Crippen molar-refractivity contribution in [3.8, 4) is 0 Å². The van der Waals surface area contributed by atoms with Crippen LogP contribution in [-0.2, 0) is 9.59 Å². The summed E-state index contributed by atoms with van der Waals surface area (Å²) >= 11 is 0. The number of carbonyl (C=O) groups excluding carboxylic acids is 2. The number of benzene rings is 1. The molecule has 0 unspecified atom stereocenters. The van der Waals surface area contributed by atoms with Gasteiger partial charge in [0.2, 0.25) is 0 Å². The molecule has 4 N–H and O–H groups in total. The first-order chi connectivity index (χ1) is 7.52. The summed E-state index contributed by atoms with van der Waals surface area (Å²) in [5.74, 6) is -2.67. The van der Waals surface area contributed by atoms with E-state index in [0.717, 1.165) is 0 Å². The lowest BCUT2D eigenvalue weighted by atomic mass is 10.2. The molecule has 0 aliphatic heterocycles. The Bertz CT molecular complexity index is 445. The van der Waals surface area contributed by atoms with Crippen molar-refractivity contribution in [2.75, 3.05) is 0 Å². The van der Waals surface area contributed by atoms with Gasteiger partial charge in [-0.2, -0.15) is 0 Å². The van der Waals surface area contributed by atoms with E-state index in [1.165, 1.54) is 18.2 Å². The zero-order chi connectivity index (χ0) is 12.1. The third-order valence-electron chi connectivity index (χ3n) is 1.75. The highest BCUT2D eigenvalue weighted by atomic mass is 19.1. The van der Waals surface area contributed by atoms with Crippen molar-refractivity contribution in [3.05, 3.63) is 42.2 Å². The number of amides is 2. The van der Waals surface area contributed by atoms with Gasteiger partial charge in [0, 0.05) is 5.56 Å². The molecule has 6 heteroatoms. The Morgan fingerprint density at radius 1 is 1.25 bits per heavy atom. The number of hydrogen-bond acceptors (Lipinski definition) is 3. The van der Waals surface area contributed by atoms with Crippen LogP contribution in [0.4, 0.5) is 4.39 Å². The van der Waals surface area contributed by atoms with Crippen LogP contribution in [0.3, 0.4) is 0 Å². The lowest BCUT2D eigenvalue weighted by molar-refractivity contribution is -0.137. The van der Waals surface area contributed by atoms with Crippen LogP contribution in [0.5, 0.6) is 0 Å². The van der Waals surface area contributed by atoms with Crippen molar-refractivity contribution >= 4 is 17.5 Å². The maximum absolute atomic E-state index is 13.2. The van der Waals surface area contributed by atoms with E-state index in [1.807, 2.05) is 5.43 Å². The predicted molar refractivity (Wildman–Crippen MR) is 55.9 cm³/mol. The molecule has 0 aliphatic rings. The fraction of sp³-hybridized carbons (Fsp3) is 0. The first-order valence-electron chi connectivity index (χ1n) is 4.32. The quantitative estimate of drug-likeness (QED) is 0.494. The molecule has 0 radical (unpaired) electrons. The van der Waals surface area contributed by atoms with Crippen LogP contribution < -0.4 is 16.6 Å². The van der Waals surface area contributed by atoms with Gasteiger partial charge in [-0.15, -0.1) is 0 Å². The molecule has 1 aromatic rings. The zero-order valence-electron chi connectivity index (χ0n) is 8.29. The van der Waals surface area contributed by atoms with E-state index in [1.54, 1.807) is 6.07 Å². The standard InChI is InChI=1S/C10H10FN3O2/c1-6(13-14-10(16)9(12)15)7-4-2-3-5-8(7)11/h2-5,13H,1H2,(H2,12,15)(H,14,16). The summed E-state index contributed by atoms with van der Waals surface area (Å²) in [5, 5.41) is 0. The second kappa shape index (κ2) is 4.92. The second-order valence-corrected chi connectivity index (χ2v) is 2.90. The maximum Gasteiger partial charge on any atom is 0.327 e. The largest absolute Gasteiger partial charge is 0.361 e. The van der Waals surface area contributed by atoms with E-state index in [4.69, 9.17) is 5.73 Å². The van der Waals surface area contributed by atoms with Crippen LogP contribution in [0.25, 0.3) is 5.70 Å². The lowest BCUT2D eigenvalue weighted by Crippen LogP contribution is -2.43. The zero-order valence-corrected chi connectivity index (χ0v) is 8.29. The topological polar surface area (TPSA) is 84.2 Å². The van der Waals surface area contributed by atoms with Crippen LogP contribution in [0.1, 0.15) is 5.56 Å². The van der Waals surface area contributed by atoms with Crippen LogP contribution in [0.15, 0.2) is 30.8 Å². The van der Waals surface area contributed by atoms with Gasteiger partial charge in [0.15, 0.2) is 0 Å². The molecule has 5 nitrogen and oxygen atoms in total. The summed E-state index contributed by atoms with van der Waals surface area (Å²) in [6.07, 6.45) is 0. The number of hydrazine groups is 1. The number of hydrogen-bond donors (Lipinski definition) is 3. The highest BCUT2D eigenvalue weighted by Gasteiger charge is 2.09. The third kappa shape index (κ3) is 2.81. The highest BCUT2D eigenvalue weighted by molar-refractivity contribution is 6.34. The summed E-state index contributed by atoms with van der Waals surface area (Å²) in [5.41, 5.74) is 9.27. The number of rotatable bonds is 3. The van der Waals surface area contributed by atoms with Crippen molar-refractivity contribution in [2.24, 2.45) is 5.73 Å². The van der Waals surface area contributed by atoms with E-state index in [-0.39, 0.29) is 11.3 Å². The predicted octanol–water partition coefficient (Wildman–Crippen LogP) is -0.0975. The van der Waals surface area contributed by atoms with Gasteiger partial charge in [0.25, 0.3) is 0 Å². The number of primary amides is 1. The Labute approximate surface area is 91.1 Å². The van der Waals surface area contributed by atoms with Gasteiger partial charge in [-0.1, -0.05) is 18.7 Å². The summed E-state index contributed by atoms with van der Waals surface area (Å²) < 4.78 is 13.2. The van der Waals surface area contributed by atoms with Gasteiger partial charge in [0.1, 0.15) is 5.82 Å². The fourth-order valence-electron chi connectivity index (χ4n) is 0.967. The maximum atomic E-state index is 13.2. The Morgan fingerprint density at radius 3 is 2.44 bits per heavy atom. The number of nitrogens with two attached hydrogens (primary N) is 1. The number of carbonyl (C=O) groups is 2. The summed E-state index contributed by atoms with van der Waals surface area (Å²) in [7, 11) is 0. The Balaban J connectivity index is 2.64. The van der Waals surface area contributed by atoms with Gasteiger partial charge in [-0.25, -0.2) is 4.39 Å². The first-order valence-corrected chi connectivity index (χ1v) is 4.32. The molecule has 1 rings (SSSR count). The number of nitrogens with one attached hydrogen (secondary N) is 2. The molecular weight excluding hydrogens is 213 g/mol. The Hall–Kier alpha value is -2.37. The van der Waals surface area contributed by atoms with Crippen LogP contribution in [0.2, 0.25) is 0 Å². The molecule has 0 aromatic heterocycles. The molecule has 0 saturated carbocycles. The van der Waals surface area contributed by atoms with Gasteiger partial charge in [-0.05, 0) is 12.1 Å². The van der Waals surface area contributed by atoms with Crippen molar-refractivity contribution in [2.45, 2.75) is 0 Å². The minimum atomic E-state index is -1.14. The minimum Gasteiger partial charge on any atom is -0.361 e. The molecule has 0 heterocycles. The van der Waals surface area contributed by atoms with Crippen LogP contribution in [0, 0.1) is 5.82 Å². The normalized spacial score (nSPS) is 9.31. The van der Waals surface area contributed by atoms with E-state index in [2.05, 4.69) is 12.0 Å². The molecule has 0 bridgehead atoms. The van der Waals surface area contributed by atoms with E-state index >= 15 is 0 Å². The molecule has 0 aliphatic carbocycles. The Kier molecular flexibility index (Phi) is 3.60. The molecule has 84 valence electrons.